The van der Waals surface area contributed by atoms with Gasteiger partial charge in [0.1, 0.15) is 5.76 Å². The first kappa shape index (κ1) is 16.9. The molecule has 0 aliphatic carbocycles. The van der Waals surface area contributed by atoms with E-state index in [1.165, 1.54) is 6.07 Å². The van der Waals surface area contributed by atoms with E-state index in [0.29, 0.717) is 18.9 Å². The molecule has 7 heteroatoms. The van der Waals surface area contributed by atoms with Crippen LogP contribution in [-0.2, 0) is 19.3 Å². The van der Waals surface area contributed by atoms with Gasteiger partial charge in [-0.15, -0.1) is 0 Å². The number of pyridine rings is 1. The third-order valence-electron chi connectivity index (χ3n) is 4.01. The normalized spacial score (nSPS) is 10.8. The first-order chi connectivity index (χ1) is 12.1. The second-order valence-electron chi connectivity index (χ2n) is 5.89. The zero-order valence-electron chi connectivity index (χ0n) is 14.4. The van der Waals surface area contributed by atoms with Gasteiger partial charge < -0.3 is 9.84 Å². The predicted molar refractivity (Wildman–Crippen MR) is 94.7 cm³/mol. The van der Waals surface area contributed by atoms with Crippen LogP contribution >= 0.6 is 0 Å². The van der Waals surface area contributed by atoms with Crippen LogP contribution in [0.1, 0.15) is 28.4 Å². The summed E-state index contributed by atoms with van der Waals surface area (Å²) in [6.45, 7) is 4.46. The van der Waals surface area contributed by atoms with E-state index >= 15 is 0 Å². The molecule has 0 atom stereocenters. The maximum atomic E-state index is 11.9. The van der Waals surface area contributed by atoms with Gasteiger partial charge in [-0.05, 0) is 38.8 Å². The molecule has 3 aromatic heterocycles. The van der Waals surface area contributed by atoms with Crippen LogP contribution in [0.25, 0.3) is 0 Å². The standard InChI is InChI=1S/C18H21N5O2/c1-12-16(13(2)25-23-12)7-6-15-11-17(24)22-18(21-15)20-10-8-14-5-3-4-9-19-14/h3-5,9,11H,6-8,10H2,1-2H3,(H2,20,21,22,24). The van der Waals surface area contributed by atoms with Crippen LogP contribution in [0, 0.1) is 13.8 Å². The largest absolute Gasteiger partial charge is 0.361 e. The number of anilines is 1. The van der Waals surface area contributed by atoms with Crippen LogP contribution in [0.3, 0.4) is 0 Å². The molecule has 0 bridgehead atoms. The summed E-state index contributed by atoms with van der Waals surface area (Å²) < 4.78 is 5.17. The second kappa shape index (κ2) is 7.74. The molecule has 7 nitrogen and oxygen atoms in total. The fourth-order valence-corrected chi connectivity index (χ4v) is 2.69. The number of H-pyrrole nitrogens is 1. The SMILES string of the molecule is Cc1noc(C)c1CCc1cc(=O)[nH]c(NCCc2ccccn2)n1. The van der Waals surface area contributed by atoms with Gasteiger partial charge in [-0.2, -0.15) is 0 Å². The molecule has 3 heterocycles. The first-order valence-electron chi connectivity index (χ1n) is 8.27. The van der Waals surface area contributed by atoms with E-state index in [0.717, 1.165) is 41.2 Å². The van der Waals surface area contributed by atoms with E-state index in [1.54, 1.807) is 6.20 Å². The average Bonchev–Trinajstić information content (AvgIpc) is 2.92. The van der Waals surface area contributed by atoms with Crippen molar-refractivity contribution in [1.29, 1.82) is 0 Å². The fourth-order valence-electron chi connectivity index (χ4n) is 2.69. The van der Waals surface area contributed by atoms with Gasteiger partial charge in [0.2, 0.25) is 5.95 Å². The Balaban J connectivity index is 1.61. The minimum Gasteiger partial charge on any atom is -0.361 e. The summed E-state index contributed by atoms with van der Waals surface area (Å²) in [4.78, 5) is 23.3. The van der Waals surface area contributed by atoms with Crippen molar-refractivity contribution in [2.45, 2.75) is 33.1 Å². The van der Waals surface area contributed by atoms with Gasteiger partial charge in [0.05, 0.1) is 11.4 Å². The number of nitrogens with one attached hydrogen (secondary N) is 2. The lowest BCUT2D eigenvalue weighted by Crippen LogP contribution is -2.16. The van der Waals surface area contributed by atoms with E-state index in [9.17, 15) is 4.79 Å². The minimum atomic E-state index is -0.163. The molecule has 0 saturated heterocycles. The molecule has 0 fully saturated rings. The molecule has 0 spiro atoms. The highest BCUT2D eigenvalue weighted by Gasteiger charge is 2.10. The number of rotatable bonds is 7. The number of hydrogen-bond donors (Lipinski definition) is 2. The monoisotopic (exact) mass is 339 g/mol. The fraction of sp³-hybridized carbons (Fsp3) is 0.333. The number of nitrogens with zero attached hydrogens (tertiary/aromatic N) is 3. The maximum absolute atomic E-state index is 11.9. The average molecular weight is 339 g/mol. The highest BCUT2D eigenvalue weighted by atomic mass is 16.5. The third kappa shape index (κ3) is 4.53. The highest BCUT2D eigenvalue weighted by Crippen LogP contribution is 2.14. The summed E-state index contributed by atoms with van der Waals surface area (Å²) >= 11 is 0. The quantitative estimate of drug-likeness (QED) is 0.685. The number of aryl methyl sites for hydroxylation is 3. The Morgan fingerprint density at radius 1 is 1.16 bits per heavy atom. The maximum Gasteiger partial charge on any atom is 0.252 e. The van der Waals surface area contributed by atoms with E-state index < -0.39 is 0 Å². The molecule has 0 aliphatic rings. The van der Waals surface area contributed by atoms with Crippen LogP contribution in [0.5, 0.6) is 0 Å². The van der Waals surface area contributed by atoms with Gasteiger partial charge in [-0.25, -0.2) is 4.98 Å². The molecule has 3 rings (SSSR count). The van der Waals surface area contributed by atoms with Crippen molar-refractivity contribution in [3.8, 4) is 0 Å². The van der Waals surface area contributed by atoms with Crippen molar-refractivity contribution >= 4 is 5.95 Å². The van der Waals surface area contributed by atoms with Crippen molar-refractivity contribution in [1.82, 2.24) is 20.1 Å². The van der Waals surface area contributed by atoms with Crippen molar-refractivity contribution in [3.63, 3.8) is 0 Å². The van der Waals surface area contributed by atoms with E-state index in [1.807, 2.05) is 32.0 Å². The topological polar surface area (TPSA) is 96.7 Å². The van der Waals surface area contributed by atoms with Gasteiger partial charge in [0, 0.05) is 36.5 Å². The van der Waals surface area contributed by atoms with Crippen molar-refractivity contribution in [2.24, 2.45) is 0 Å². The molecule has 0 amide bonds. The lowest BCUT2D eigenvalue weighted by molar-refractivity contribution is 0.392. The zero-order chi connectivity index (χ0) is 17.6. The second-order valence-corrected chi connectivity index (χ2v) is 5.89. The smallest absolute Gasteiger partial charge is 0.252 e. The third-order valence-corrected chi connectivity index (χ3v) is 4.01. The molecule has 0 aliphatic heterocycles. The molecular formula is C18H21N5O2. The Hall–Kier alpha value is -2.96. The summed E-state index contributed by atoms with van der Waals surface area (Å²) in [5.74, 6) is 1.30. The molecule has 0 radical (unpaired) electrons. The van der Waals surface area contributed by atoms with Crippen LogP contribution in [0.4, 0.5) is 5.95 Å². The van der Waals surface area contributed by atoms with E-state index in [4.69, 9.17) is 4.52 Å². The van der Waals surface area contributed by atoms with Gasteiger partial charge in [-0.3, -0.25) is 14.8 Å². The summed E-state index contributed by atoms with van der Waals surface area (Å²) in [5.41, 5.74) is 3.53. The molecule has 0 saturated carbocycles. The van der Waals surface area contributed by atoms with E-state index in [-0.39, 0.29) is 5.56 Å². The molecule has 130 valence electrons. The van der Waals surface area contributed by atoms with Crippen molar-refractivity contribution in [3.05, 3.63) is 69.2 Å². The first-order valence-corrected chi connectivity index (χ1v) is 8.27. The van der Waals surface area contributed by atoms with Gasteiger partial charge in [0.15, 0.2) is 0 Å². The molecule has 3 aromatic rings. The minimum absolute atomic E-state index is 0.163. The molecule has 2 N–H and O–H groups in total. The molecular weight excluding hydrogens is 318 g/mol. The Morgan fingerprint density at radius 2 is 2.04 bits per heavy atom. The zero-order valence-corrected chi connectivity index (χ0v) is 14.4. The number of aromatic nitrogens is 4. The molecule has 0 aromatic carbocycles. The highest BCUT2D eigenvalue weighted by molar-refractivity contribution is 5.27. The van der Waals surface area contributed by atoms with Gasteiger partial charge in [-0.1, -0.05) is 11.2 Å². The predicted octanol–water partition coefficient (Wildman–Crippen LogP) is 2.21. The summed E-state index contributed by atoms with van der Waals surface area (Å²) in [6.07, 6.45) is 3.92. The summed E-state index contributed by atoms with van der Waals surface area (Å²) in [7, 11) is 0. The van der Waals surface area contributed by atoms with Crippen LogP contribution in [0.2, 0.25) is 0 Å². The molecule has 0 unspecified atom stereocenters. The number of aromatic amines is 1. The Kier molecular flexibility index (Phi) is 5.23. The number of hydrogen-bond acceptors (Lipinski definition) is 6. The van der Waals surface area contributed by atoms with Crippen LogP contribution in [0.15, 0.2) is 39.8 Å². The van der Waals surface area contributed by atoms with E-state index in [2.05, 4.69) is 25.4 Å². The van der Waals surface area contributed by atoms with Gasteiger partial charge in [0.25, 0.3) is 5.56 Å². The Morgan fingerprint density at radius 3 is 2.76 bits per heavy atom. The summed E-state index contributed by atoms with van der Waals surface area (Å²) in [6, 6.07) is 7.34. The Labute approximate surface area is 145 Å². The Bertz CT molecular complexity index is 866. The van der Waals surface area contributed by atoms with Crippen LogP contribution < -0.4 is 10.9 Å². The molecule has 25 heavy (non-hydrogen) atoms. The lowest BCUT2D eigenvalue weighted by Gasteiger charge is -2.07. The lowest BCUT2D eigenvalue weighted by atomic mass is 10.1. The van der Waals surface area contributed by atoms with Crippen LogP contribution in [-0.4, -0.2) is 26.7 Å². The van der Waals surface area contributed by atoms with Gasteiger partial charge >= 0.3 is 0 Å². The van der Waals surface area contributed by atoms with Crippen molar-refractivity contribution < 1.29 is 4.52 Å². The van der Waals surface area contributed by atoms with Crippen molar-refractivity contribution in [2.75, 3.05) is 11.9 Å². The summed E-state index contributed by atoms with van der Waals surface area (Å²) in [5, 5.41) is 7.10.